The van der Waals surface area contributed by atoms with Crippen LogP contribution in [0, 0.1) is 5.82 Å². The normalized spacial score (nSPS) is 10.7. The van der Waals surface area contributed by atoms with E-state index in [2.05, 4.69) is 5.32 Å². The SMILES string of the molecule is O=C(Cc1sc(-c2ccccc2)nc1-c1cccs1)Nc1cccc(F)c1. The van der Waals surface area contributed by atoms with Crippen molar-refractivity contribution >= 4 is 34.3 Å². The second-order valence-corrected chi connectivity index (χ2v) is 7.90. The molecule has 0 unspecified atom stereocenters. The molecular weight excluding hydrogens is 379 g/mol. The van der Waals surface area contributed by atoms with Crippen molar-refractivity contribution in [2.45, 2.75) is 6.42 Å². The van der Waals surface area contributed by atoms with Crippen LogP contribution >= 0.6 is 22.7 Å². The van der Waals surface area contributed by atoms with Gasteiger partial charge in [0.05, 0.1) is 17.0 Å². The Balaban J connectivity index is 1.63. The highest BCUT2D eigenvalue weighted by molar-refractivity contribution is 7.17. The number of rotatable bonds is 5. The minimum Gasteiger partial charge on any atom is -0.326 e. The monoisotopic (exact) mass is 394 g/mol. The van der Waals surface area contributed by atoms with Crippen LogP contribution in [0.15, 0.2) is 72.1 Å². The van der Waals surface area contributed by atoms with Crippen molar-refractivity contribution in [3.63, 3.8) is 0 Å². The van der Waals surface area contributed by atoms with Gasteiger partial charge in [0.15, 0.2) is 0 Å². The van der Waals surface area contributed by atoms with Crippen molar-refractivity contribution in [3.8, 4) is 21.1 Å². The summed E-state index contributed by atoms with van der Waals surface area (Å²) in [6.45, 7) is 0. The van der Waals surface area contributed by atoms with Gasteiger partial charge in [-0.15, -0.1) is 22.7 Å². The van der Waals surface area contributed by atoms with Gasteiger partial charge in [-0.05, 0) is 29.6 Å². The quantitative estimate of drug-likeness (QED) is 0.461. The van der Waals surface area contributed by atoms with Gasteiger partial charge in [-0.25, -0.2) is 9.37 Å². The van der Waals surface area contributed by atoms with Crippen LogP contribution in [0.3, 0.4) is 0 Å². The molecular formula is C21H15FN2OS2. The highest BCUT2D eigenvalue weighted by atomic mass is 32.1. The molecule has 134 valence electrons. The lowest BCUT2D eigenvalue weighted by atomic mass is 10.2. The smallest absolute Gasteiger partial charge is 0.229 e. The summed E-state index contributed by atoms with van der Waals surface area (Å²) in [5, 5.41) is 5.63. The molecule has 0 atom stereocenters. The van der Waals surface area contributed by atoms with Crippen LogP contribution in [0.1, 0.15) is 4.88 Å². The number of carbonyl (C=O) groups excluding carboxylic acids is 1. The molecule has 0 aliphatic carbocycles. The molecule has 0 radical (unpaired) electrons. The van der Waals surface area contributed by atoms with Crippen molar-refractivity contribution in [2.24, 2.45) is 0 Å². The van der Waals surface area contributed by atoms with Crippen LogP contribution in [0.2, 0.25) is 0 Å². The predicted octanol–water partition coefficient (Wildman–Crippen LogP) is 5.86. The van der Waals surface area contributed by atoms with E-state index in [1.807, 2.05) is 47.8 Å². The zero-order valence-corrected chi connectivity index (χ0v) is 15.8. The molecule has 0 spiro atoms. The molecule has 0 saturated carbocycles. The maximum Gasteiger partial charge on any atom is 0.229 e. The molecule has 0 aliphatic rings. The first-order chi connectivity index (χ1) is 13.2. The highest BCUT2D eigenvalue weighted by Crippen LogP contribution is 2.36. The van der Waals surface area contributed by atoms with E-state index >= 15 is 0 Å². The zero-order valence-electron chi connectivity index (χ0n) is 14.2. The zero-order chi connectivity index (χ0) is 18.6. The summed E-state index contributed by atoms with van der Waals surface area (Å²) in [5.74, 6) is -0.571. The van der Waals surface area contributed by atoms with Gasteiger partial charge < -0.3 is 5.32 Å². The number of hydrogen-bond acceptors (Lipinski definition) is 4. The first kappa shape index (κ1) is 17.6. The fourth-order valence-corrected chi connectivity index (χ4v) is 4.58. The summed E-state index contributed by atoms with van der Waals surface area (Å²) >= 11 is 3.11. The van der Waals surface area contributed by atoms with Crippen molar-refractivity contribution in [1.29, 1.82) is 0 Å². The first-order valence-electron chi connectivity index (χ1n) is 8.33. The number of amides is 1. The lowest BCUT2D eigenvalue weighted by Crippen LogP contribution is -2.14. The number of thiophene rings is 1. The van der Waals surface area contributed by atoms with Crippen molar-refractivity contribution in [1.82, 2.24) is 4.98 Å². The van der Waals surface area contributed by atoms with E-state index < -0.39 is 0 Å². The average molecular weight is 394 g/mol. The van der Waals surface area contributed by atoms with Crippen LogP contribution in [-0.4, -0.2) is 10.9 Å². The summed E-state index contributed by atoms with van der Waals surface area (Å²) < 4.78 is 13.3. The number of benzene rings is 2. The molecule has 0 aliphatic heterocycles. The highest BCUT2D eigenvalue weighted by Gasteiger charge is 2.18. The fraction of sp³-hybridized carbons (Fsp3) is 0.0476. The molecule has 2 heterocycles. The van der Waals surface area contributed by atoms with Gasteiger partial charge in [-0.3, -0.25) is 4.79 Å². The molecule has 0 bridgehead atoms. The molecule has 27 heavy (non-hydrogen) atoms. The number of halogens is 1. The molecule has 2 aromatic heterocycles. The van der Waals surface area contributed by atoms with E-state index in [1.165, 1.54) is 23.5 Å². The maximum absolute atomic E-state index is 13.3. The molecule has 0 fully saturated rings. The van der Waals surface area contributed by atoms with Gasteiger partial charge in [0.2, 0.25) is 5.91 Å². The Labute approximate surface area is 164 Å². The van der Waals surface area contributed by atoms with Crippen LogP contribution < -0.4 is 5.32 Å². The van der Waals surface area contributed by atoms with Gasteiger partial charge in [0, 0.05) is 16.1 Å². The first-order valence-corrected chi connectivity index (χ1v) is 10.0. The van der Waals surface area contributed by atoms with Crippen LogP contribution in [0.4, 0.5) is 10.1 Å². The molecule has 0 saturated heterocycles. The van der Waals surface area contributed by atoms with E-state index in [1.54, 1.807) is 23.5 Å². The summed E-state index contributed by atoms with van der Waals surface area (Å²) in [5.41, 5.74) is 2.31. The standard InChI is InChI=1S/C21H15FN2OS2/c22-15-8-4-9-16(12-15)23-19(25)13-18-20(17-10-5-11-26-17)24-21(27-18)14-6-2-1-3-7-14/h1-12H,13H2,(H,23,25). The second kappa shape index (κ2) is 7.82. The van der Waals surface area contributed by atoms with Gasteiger partial charge in [0.25, 0.3) is 0 Å². The third-order valence-electron chi connectivity index (χ3n) is 3.90. The van der Waals surface area contributed by atoms with Crippen molar-refractivity contribution in [3.05, 3.63) is 82.8 Å². The summed E-state index contributed by atoms with van der Waals surface area (Å²) in [7, 11) is 0. The molecule has 4 rings (SSSR count). The molecule has 3 nitrogen and oxygen atoms in total. The fourth-order valence-electron chi connectivity index (χ4n) is 2.70. The number of hydrogen-bond donors (Lipinski definition) is 1. The molecule has 4 aromatic rings. The largest absolute Gasteiger partial charge is 0.326 e. The van der Waals surface area contributed by atoms with E-state index in [9.17, 15) is 9.18 Å². The summed E-state index contributed by atoms with van der Waals surface area (Å²) in [6, 6.07) is 19.8. The van der Waals surface area contributed by atoms with Crippen molar-refractivity contribution in [2.75, 3.05) is 5.32 Å². The Morgan fingerprint density at radius 2 is 1.89 bits per heavy atom. The second-order valence-electron chi connectivity index (χ2n) is 5.87. The third kappa shape index (κ3) is 4.13. The van der Waals surface area contributed by atoms with Crippen LogP contribution in [0.5, 0.6) is 0 Å². The Kier molecular flexibility index (Phi) is 5.09. The van der Waals surface area contributed by atoms with E-state index in [0.29, 0.717) is 5.69 Å². The number of aromatic nitrogens is 1. The Morgan fingerprint density at radius 3 is 2.63 bits per heavy atom. The Morgan fingerprint density at radius 1 is 1.04 bits per heavy atom. The number of nitrogens with zero attached hydrogens (tertiary/aromatic N) is 1. The van der Waals surface area contributed by atoms with Crippen LogP contribution in [0.25, 0.3) is 21.1 Å². The predicted molar refractivity (Wildman–Crippen MR) is 110 cm³/mol. The van der Waals surface area contributed by atoms with E-state index in [0.717, 1.165) is 26.0 Å². The minimum absolute atomic E-state index is 0.189. The Hall–Kier alpha value is -2.83. The molecule has 1 amide bonds. The average Bonchev–Trinajstić information content (AvgIpc) is 3.32. The number of thiazole rings is 1. The molecule has 6 heteroatoms. The topological polar surface area (TPSA) is 42.0 Å². The lowest BCUT2D eigenvalue weighted by molar-refractivity contribution is -0.115. The molecule has 1 N–H and O–H groups in total. The van der Waals surface area contributed by atoms with Gasteiger partial charge in [0.1, 0.15) is 10.8 Å². The van der Waals surface area contributed by atoms with Crippen LogP contribution in [-0.2, 0) is 11.2 Å². The number of carbonyl (C=O) groups is 1. The Bertz CT molecular complexity index is 1060. The van der Waals surface area contributed by atoms with Gasteiger partial charge in [-0.1, -0.05) is 42.5 Å². The number of anilines is 1. The summed E-state index contributed by atoms with van der Waals surface area (Å²) in [6.07, 6.45) is 0.189. The third-order valence-corrected chi connectivity index (χ3v) is 5.88. The lowest BCUT2D eigenvalue weighted by Gasteiger charge is -2.05. The van der Waals surface area contributed by atoms with Gasteiger partial charge in [-0.2, -0.15) is 0 Å². The molecule has 2 aromatic carbocycles. The minimum atomic E-state index is -0.378. The van der Waals surface area contributed by atoms with E-state index in [4.69, 9.17) is 4.98 Å². The van der Waals surface area contributed by atoms with Gasteiger partial charge >= 0.3 is 0 Å². The maximum atomic E-state index is 13.3. The summed E-state index contributed by atoms with van der Waals surface area (Å²) in [4.78, 5) is 19.2. The van der Waals surface area contributed by atoms with E-state index in [-0.39, 0.29) is 18.1 Å². The van der Waals surface area contributed by atoms with Crippen molar-refractivity contribution < 1.29 is 9.18 Å². The number of nitrogens with one attached hydrogen (secondary N) is 1.